The van der Waals surface area contributed by atoms with E-state index in [0.29, 0.717) is 23.1 Å². The fraction of sp³-hybridized carbons (Fsp3) is 0.158. The third-order valence-corrected chi connectivity index (χ3v) is 3.69. The van der Waals surface area contributed by atoms with Crippen molar-refractivity contribution >= 4 is 17.3 Å². The van der Waals surface area contributed by atoms with Gasteiger partial charge in [0.15, 0.2) is 0 Å². The first-order chi connectivity index (χ1) is 12.2. The van der Waals surface area contributed by atoms with Crippen LogP contribution in [0.1, 0.15) is 0 Å². The second-order valence-corrected chi connectivity index (χ2v) is 5.14. The van der Waals surface area contributed by atoms with Gasteiger partial charge in [-0.05, 0) is 36.4 Å². The number of ether oxygens (including phenoxy) is 3. The van der Waals surface area contributed by atoms with Crippen molar-refractivity contribution in [3.05, 3.63) is 60.9 Å². The van der Waals surface area contributed by atoms with Gasteiger partial charge in [0.25, 0.3) is 0 Å². The van der Waals surface area contributed by atoms with Crippen LogP contribution < -0.4 is 19.1 Å². The quantitative estimate of drug-likeness (QED) is 0.678. The molecule has 0 aliphatic heterocycles. The van der Waals surface area contributed by atoms with E-state index in [4.69, 9.17) is 14.2 Å². The summed E-state index contributed by atoms with van der Waals surface area (Å²) < 4.78 is 15.9. The van der Waals surface area contributed by atoms with Crippen molar-refractivity contribution in [3.8, 4) is 17.2 Å². The van der Waals surface area contributed by atoms with Gasteiger partial charge < -0.3 is 14.2 Å². The number of benzene rings is 1. The second-order valence-electron chi connectivity index (χ2n) is 5.14. The zero-order chi connectivity index (χ0) is 17.6. The Hall–Kier alpha value is -3.28. The second kappa shape index (κ2) is 7.53. The predicted octanol–water partition coefficient (Wildman–Crippen LogP) is 3.97. The molecule has 0 atom stereocenters. The number of nitrogens with zero attached hydrogens (tertiary/aromatic N) is 3. The summed E-state index contributed by atoms with van der Waals surface area (Å²) in [6.07, 6.45) is 3.40. The first-order valence-electron chi connectivity index (χ1n) is 7.69. The number of rotatable bonds is 6. The molecule has 6 nitrogen and oxygen atoms in total. The van der Waals surface area contributed by atoms with Gasteiger partial charge in [0.1, 0.15) is 28.9 Å². The van der Waals surface area contributed by atoms with Crippen molar-refractivity contribution < 1.29 is 14.2 Å². The van der Waals surface area contributed by atoms with E-state index in [0.717, 1.165) is 11.4 Å². The molecule has 128 valence electrons. The van der Waals surface area contributed by atoms with Crippen molar-refractivity contribution in [2.45, 2.75) is 0 Å². The Morgan fingerprint density at radius 3 is 1.56 bits per heavy atom. The summed E-state index contributed by atoms with van der Waals surface area (Å²) >= 11 is 0. The molecule has 3 aromatic rings. The van der Waals surface area contributed by atoms with Crippen LogP contribution in [0.3, 0.4) is 0 Å². The lowest BCUT2D eigenvalue weighted by atomic mass is 10.2. The van der Waals surface area contributed by atoms with Gasteiger partial charge in [0, 0.05) is 30.2 Å². The summed E-state index contributed by atoms with van der Waals surface area (Å²) in [7, 11) is 4.89. The SMILES string of the molecule is COc1ccc(N(c2cc(OC)ccn2)c2cc(OC)ccn2)cc1. The molecule has 0 spiro atoms. The van der Waals surface area contributed by atoms with E-state index >= 15 is 0 Å². The smallest absolute Gasteiger partial charge is 0.142 e. The topological polar surface area (TPSA) is 56.7 Å². The van der Waals surface area contributed by atoms with E-state index in [9.17, 15) is 0 Å². The van der Waals surface area contributed by atoms with Crippen molar-refractivity contribution in [2.75, 3.05) is 26.2 Å². The molecule has 0 N–H and O–H groups in total. The van der Waals surface area contributed by atoms with Gasteiger partial charge in [0.2, 0.25) is 0 Å². The van der Waals surface area contributed by atoms with Crippen molar-refractivity contribution in [1.29, 1.82) is 0 Å². The van der Waals surface area contributed by atoms with Crippen LogP contribution in [0.4, 0.5) is 17.3 Å². The minimum atomic E-state index is 0.685. The lowest BCUT2D eigenvalue weighted by molar-refractivity contribution is 0.414. The average Bonchev–Trinajstić information content (AvgIpc) is 2.69. The molecule has 2 heterocycles. The van der Waals surface area contributed by atoms with Crippen molar-refractivity contribution in [2.24, 2.45) is 0 Å². The highest BCUT2D eigenvalue weighted by atomic mass is 16.5. The number of anilines is 3. The summed E-state index contributed by atoms with van der Waals surface area (Å²) in [5.41, 5.74) is 0.891. The van der Waals surface area contributed by atoms with E-state index in [2.05, 4.69) is 9.97 Å². The van der Waals surface area contributed by atoms with Gasteiger partial charge in [0.05, 0.1) is 21.3 Å². The Morgan fingerprint density at radius 2 is 1.12 bits per heavy atom. The minimum Gasteiger partial charge on any atom is -0.497 e. The van der Waals surface area contributed by atoms with Crippen LogP contribution in [-0.2, 0) is 0 Å². The Kier molecular flexibility index (Phi) is 4.99. The molecule has 0 aliphatic carbocycles. The number of hydrogen-bond acceptors (Lipinski definition) is 6. The van der Waals surface area contributed by atoms with Crippen LogP contribution in [-0.4, -0.2) is 31.3 Å². The van der Waals surface area contributed by atoms with E-state index in [-0.39, 0.29) is 0 Å². The van der Waals surface area contributed by atoms with E-state index < -0.39 is 0 Å². The average molecular weight is 337 g/mol. The Morgan fingerprint density at radius 1 is 0.640 bits per heavy atom. The lowest BCUT2D eigenvalue weighted by Gasteiger charge is -2.23. The summed E-state index contributed by atoms with van der Waals surface area (Å²) in [5.74, 6) is 3.58. The molecule has 0 aliphatic rings. The van der Waals surface area contributed by atoms with Gasteiger partial charge >= 0.3 is 0 Å². The molecule has 0 saturated carbocycles. The standard InChI is InChI=1S/C19H19N3O3/c1-23-15-6-4-14(5-7-15)22(18-12-16(24-2)8-10-20-18)19-13-17(25-3)9-11-21-19/h4-13H,1-3H3. The van der Waals surface area contributed by atoms with Crippen LogP contribution in [0.5, 0.6) is 17.2 Å². The normalized spacial score (nSPS) is 10.2. The Balaban J connectivity index is 2.12. The largest absolute Gasteiger partial charge is 0.497 e. The molecule has 6 heteroatoms. The summed E-state index contributed by atoms with van der Waals surface area (Å²) in [5, 5.41) is 0. The molecule has 3 rings (SSSR count). The molecule has 0 bridgehead atoms. The number of pyridine rings is 2. The third-order valence-electron chi connectivity index (χ3n) is 3.69. The number of aromatic nitrogens is 2. The summed E-state index contributed by atoms with van der Waals surface area (Å²) in [6.45, 7) is 0. The fourth-order valence-corrected chi connectivity index (χ4v) is 2.41. The molecule has 1 aromatic carbocycles. The maximum atomic E-state index is 5.33. The number of hydrogen-bond donors (Lipinski definition) is 0. The van der Waals surface area contributed by atoms with Crippen molar-refractivity contribution in [3.63, 3.8) is 0 Å². The highest BCUT2D eigenvalue weighted by molar-refractivity contribution is 5.73. The first kappa shape index (κ1) is 16.6. The monoisotopic (exact) mass is 337 g/mol. The highest BCUT2D eigenvalue weighted by Crippen LogP contribution is 2.35. The van der Waals surface area contributed by atoms with Gasteiger partial charge in [-0.1, -0.05) is 0 Å². The predicted molar refractivity (Wildman–Crippen MR) is 96.4 cm³/mol. The van der Waals surface area contributed by atoms with E-state index in [1.807, 2.05) is 41.3 Å². The van der Waals surface area contributed by atoms with Crippen LogP contribution in [0, 0.1) is 0 Å². The molecule has 0 saturated heterocycles. The highest BCUT2D eigenvalue weighted by Gasteiger charge is 2.16. The molecule has 0 unspecified atom stereocenters. The van der Waals surface area contributed by atoms with Gasteiger partial charge in [-0.2, -0.15) is 0 Å². The fourth-order valence-electron chi connectivity index (χ4n) is 2.41. The molecule has 2 aromatic heterocycles. The zero-order valence-corrected chi connectivity index (χ0v) is 14.3. The first-order valence-corrected chi connectivity index (χ1v) is 7.69. The number of methoxy groups -OCH3 is 3. The lowest BCUT2D eigenvalue weighted by Crippen LogP contribution is -2.13. The van der Waals surface area contributed by atoms with Gasteiger partial charge in [-0.15, -0.1) is 0 Å². The molecular formula is C19H19N3O3. The molecule has 0 fully saturated rings. The van der Waals surface area contributed by atoms with Gasteiger partial charge in [-0.25, -0.2) is 9.97 Å². The molecular weight excluding hydrogens is 318 g/mol. The van der Waals surface area contributed by atoms with E-state index in [1.165, 1.54) is 0 Å². The van der Waals surface area contributed by atoms with Crippen LogP contribution in [0.15, 0.2) is 60.9 Å². The van der Waals surface area contributed by atoms with Crippen LogP contribution in [0.25, 0.3) is 0 Å². The maximum Gasteiger partial charge on any atom is 0.142 e. The zero-order valence-electron chi connectivity index (χ0n) is 14.3. The molecule has 25 heavy (non-hydrogen) atoms. The van der Waals surface area contributed by atoms with Crippen LogP contribution in [0.2, 0.25) is 0 Å². The van der Waals surface area contributed by atoms with Gasteiger partial charge in [-0.3, -0.25) is 4.90 Å². The Bertz CT molecular complexity index is 790. The summed E-state index contributed by atoms with van der Waals surface area (Å²) in [4.78, 5) is 10.9. The van der Waals surface area contributed by atoms with E-state index in [1.54, 1.807) is 45.9 Å². The summed E-state index contributed by atoms with van der Waals surface area (Å²) in [6, 6.07) is 15.0. The van der Waals surface area contributed by atoms with Crippen LogP contribution >= 0.6 is 0 Å². The minimum absolute atomic E-state index is 0.685. The third kappa shape index (κ3) is 3.63. The Labute approximate surface area is 146 Å². The molecule has 0 amide bonds. The van der Waals surface area contributed by atoms with Crippen molar-refractivity contribution in [1.82, 2.24) is 9.97 Å². The molecule has 0 radical (unpaired) electrons. The maximum absolute atomic E-state index is 5.33.